The van der Waals surface area contributed by atoms with Crippen molar-refractivity contribution in [1.29, 1.82) is 0 Å². The number of ether oxygens (including phenoxy) is 1. The fraction of sp³-hybridized carbons (Fsp3) is 0.429. The fourth-order valence-electron chi connectivity index (χ4n) is 2.32. The number of anilines is 1. The number of carbonyl (C=O) groups is 2. The summed E-state index contributed by atoms with van der Waals surface area (Å²) in [6, 6.07) is 4.43. The highest BCUT2D eigenvalue weighted by Gasteiger charge is 2.29. The van der Waals surface area contributed by atoms with E-state index in [1.54, 1.807) is 4.90 Å². The molecule has 0 aliphatic carbocycles. The number of non-ortho nitro benzene ring substituents is 1. The Bertz CT molecular complexity index is 583. The third-order valence-electron chi connectivity index (χ3n) is 3.51. The van der Waals surface area contributed by atoms with Gasteiger partial charge in [0.15, 0.2) is 0 Å². The van der Waals surface area contributed by atoms with Crippen molar-refractivity contribution in [3.63, 3.8) is 0 Å². The Hall–Kier alpha value is -2.52. The summed E-state index contributed by atoms with van der Waals surface area (Å²) in [5.41, 5.74) is 0.298. The Labute approximate surface area is 132 Å². The second-order valence-electron chi connectivity index (χ2n) is 5.06. The van der Waals surface area contributed by atoms with Gasteiger partial charge >= 0.3 is 5.97 Å². The zero-order valence-corrected chi connectivity index (χ0v) is 12.3. The molecule has 1 saturated heterocycles. The monoisotopic (exact) mass is 323 g/mol. The largest absolute Gasteiger partial charge is 0.480 e. The highest BCUT2D eigenvalue weighted by atomic mass is 16.6. The van der Waals surface area contributed by atoms with Crippen molar-refractivity contribution in [2.75, 3.05) is 31.6 Å². The van der Waals surface area contributed by atoms with Crippen LogP contribution in [0.15, 0.2) is 24.3 Å². The van der Waals surface area contributed by atoms with E-state index >= 15 is 0 Å². The summed E-state index contributed by atoms with van der Waals surface area (Å²) in [6.07, 6.45) is -0.202. The first-order valence-corrected chi connectivity index (χ1v) is 7.06. The summed E-state index contributed by atoms with van der Waals surface area (Å²) in [6.45, 7) is 1.80. The predicted molar refractivity (Wildman–Crippen MR) is 80.2 cm³/mol. The number of amides is 1. The molecule has 0 bridgehead atoms. The molecule has 1 aromatic rings. The molecule has 1 amide bonds. The van der Waals surface area contributed by atoms with Gasteiger partial charge in [0.05, 0.1) is 24.6 Å². The summed E-state index contributed by atoms with van der Waals surface area (Å²) in [5, 5.41) is 22.4. The van der Waals surface area contributed by atoms with Gasteiger partial charge < -0.3 is 15.2 Å². The zero-order chi connectivity index (χ0) is 16.8. The molecule has 23 heavy (non-hydrogen) atoms. The normalized spacial score (nSPS) is 16.5. The van der Waals surface area contributed by atoms with Gasteiger partial charge in [-0.3, -0.25) is 24.6 Å². The fourth-order valence-corrected chi connectivity index (χ4v) is 2.32. The molecule has 0 spiro atoms. The molecule has 1 aliphatic rings. The van der Waals surface area contributed by atoms with Gasteiger partial charge in [0.2, 0.25) is 5.91 Å². The van der Waals surface area contributed by atoms with Gasteiger partial charge in [0, 0.05) is 30.9 Å². The Morgan fingerprint density at radius 2 is 1.91 bits per heavy atom. The van der Waals surface area contributed by atoms with E-state index in [4.69, 9.17) is 4.74 Å². The molecule has 1 fully saturated rings. The second-order valence-corrected chi connectivity index (χ2v) is 5.06. The van der Waals surface area contributed by atoms with Gasteiger partial charge in [0.1, 0.15) is 6.04 Å². The molecule has 2 N–H and O–H groups in total. The molecule has 1 aromatic carbocycles. The first kappa shape index (κ1) is 16.8. The standard InChI is InChI=1S/C14H17N3O6/c18-13(15-10-1-3-11(4-2-10)17(21)22)9-12(14(19)20)16-5-7-23-8-6-16/h1-4,12H,5-9H2,(H,15,18)(H,19,20). The van der Waals surface area contributed by atoms with E-state index in [-0.39, 0.29) is 12.1 Å². The molecular formula is C14H17N3O6. The van der Waals surface area contributed by atoms with Gasteiger partial charge in [-0.1, -0.05) is 0 Å². The Kier molecular flexibility index (Phi) is 5.61. The van der Waals surface area contributed by atoms with Gasteiger partial charge in [-0.05, 0) is 12.1 Å². The van der Waals surface area contributed by atoms with E-state index in [1.807, 2.05) is 0 Å². The second kappa shape index (κ2) is 7.65. The minimum Gasteiger partial charge on any atom is -0.480 e. The van der Waals surface area contributed by atoms with Gasteiger partial charge in [-0.15, -0.1) is 0 Å². The number of rotatable bonds is 6. The van der Waals surface area contributed by atoms with Crippen molar-refractivity contribution in [2.45, 2.75) is 12.5 Å². The summed E-state index contributed by atoms with van der Waals surface area (Å²) < 4.78 is 5.17. The van der Waals surface area contributed by atoms with Crippen molar-refractivity contribution in [2.24, 2.45) is 0 Å². The van der Waals surface area contributed by atoms with Crippen molar-refractivity contribution in [3.05, 3.63) is 34.4 Å². The first-order valence-electron chi connectivity index (χ1n) is 7.06. The summed E-state index contributed by atoms with van der Waals surface area (Å²) >= 11 is 0. The Morgan fingerprint density at radius 3 is 2.43 bits per heavy atom. The van der Waals surface area contributed by atoms with Crippen LogP contribution in [0.1, 0.15) is 6.42 Å². The van der Waals surface area contributed by atoms with Crippen LogP contribution in [0, 0.1) is 10.1 Å². The predicted octanol–water partition coefficient (Wildman–Crippen LogP) is 0.709. The summed E-state index contributed by atoms with van der Waals surface area (Å²) in [7, 11) is 0. The van der Waals surface area contributed by atoms with Crippen LogP contribution in [0.2, 0.25) is 0 Å². The highest BCUT2D eigenvalue weighted by molar-refractivity contribution is 5.94. The number of aliphatic carboxylic acids is 1. The maximum Gasteiger partial charge on any atom is 0.321 e. The number of nitrogens with one attached hydrogen (secondary N) is 1. The van der Waals surface area contributed by atoms with Crippen LogP contribution in [0.5, 0.6) is 0 Å². The number of carboxylic acids is 1. The third-order valence-corrected chi connectivity index (χ3v) is 3.51. The molecule has 1 heterocycles. The van der Waals surface area contributed by atoms with E-state index in [1.165, 1.54) is 24.3 Å². The van der Waals surface area contributed by atoms with E-state index in [2.05, 4.69) is 5.32 Å². The molecule has 9 nitrogen and oxygen atoms in total. The lowest BCUT2D eigenvalue weighted by molar-refractivity contribution is -0.384. The maximum atomic E-state index is 12.0. The van der Waals surface area contributed by atoms with Crippen molar-refractivity contribution in [3.8, 4) is 0 Å². The number of hydrogen-bond acceptors (Lipinski definition) is 6. The smallest absolute Gasteiger partial charge is 0.321 e. The quantitative estimate of drug-likeness (QED) is 0.584. The van der Waals surface area contributed by atoms with Crippen molar-refractivity contribution < 1.29 is 24.4 Å². The molecule has 1 unspecified atom stereocenters. The van der Waals surface area contributed by atoms with Crippen molar-refractivity contribution >= 4 is 23.3 Å². The van der Waals surface area contributed by atoms with Crippen LogP contribution in [0.25, 0.3) is 0 Å². The number of nitro benzene ring substituents is 1. The number of morpholine rings is 1. The Morgan fingerprint density at radius 1 is 1.30 bits per heavy atom. The van der Waals surface area contributed by atoms with E-state index < -0.39 is 22.8 Å². The molecule has 2 rings (SSSR count). The van der Waals surface area contributed by atoms with E-state index in [9.17, 15) is 24.8 Å². The lowest BCUT2D eigenvalue weighted by atomic mass is 10.1. The Balaban J connectivity index is 1.95. The van der Waals surface area contributed by atoms with Crippen LogP contribution >= 0.6 is 0 Å². The average molecular weight is 323 g/mol. The minimum absolute atomic E-state index is 0.0836. The molecule has 0 saturated carbocycles. The van der Waals surface area contributed by atoms with E-state index in [0.29, 0.717) is 32.0 Å². The lowest BCUT2D eigenvalue weighted by Crippen LogP contribution is -2.48. The first-order chi connectivity index (χ1) is 11.0. The van der Waals surface area contributed by atoms with E-state index in [0.717, 1.165) is 0 Å². The topological polar surface area (TPSA) is 122 Å². The molecule has 0 radical (unpaired) electrons. The number of nitro groups is 1. The average Bonchev–Trinajstić information content (AvgIpc) is 2.53. The lowest BCUT2D eigenvalue weighted by Gasteiger charge is -2.31. The number of hydrogen-bond donors (Lipinski definition) is 2. The molecule has 0 aromatic heterocycles. The molecule has 124 valence electrons. The number of carbonyl (C=O) groups excluding carboxylic acids is 1. The molecule has 1 aliphatic heterocycles. The third kappa shape index (κ3) is 4.73. The highest BCUT2D eigenvalue weighted by Crippen LogP contribution is 2.16. The molecule has 1 atom stereocenters. The zero-order valence-electron chi connectivity index (χ0n) is 12.3. The van der Waals surface area contributed by atoms with Crippen LogP contribution < -0.4 is 5.32 Å². The van der Waals surface area contributed by atoms with Gasteiger partial charge in [0.25, 0.3) is 5.69 Å². The maximum absolute atomic E-state index is 12.0. The molecule has 9 heteroatoms. The van der Waals surface area contributed by atoms with Crippen LogP contribution in [0.3, 0.4) is 0 Å². The van der Waals surface area contributed by atoms with Crippen molar-refractivity contribution in [1.82, 2.24) is 4.90 Å². The van der Waals surface area contributed by atoms with Crippen LogP contribution in [-0.2, 0) is 14.3 Å². The summed E-state index contributed by atoms with van der Waals surface area (Å²) in [5.74, 6) is -1.52. The molecular weight excluding hydrogens is 306 g/mol. The minimum atomic E-state index is -1.06. The number of benzene rings is 1. The van der Waals surface area contributed by atoms with Crippen LogP contribution in [-0.4, -0.2) is 59.2 Å². The SMILES string of the molecule is O=C(CC(C(=O)O)N1CCOCC1)Nc1ccc([N+](=O)[O-])cc1. The van der Waals surface area contributed by atoms with Gasteiger partial charge in [-0.25, -0.2) is 0 Å². The number of nitrogens with zero attached hydrogens (tertiary/aromatic N) is 2. The number of carboxylic acid groups (broad SMARTS) is 1. The van der Waals surface area contributed by atoms with Crippen LogP contribution in [0.4, 0.5) is 11.4 Å². The summed E-state index contributed by atoms with van der Waals surface area (Å²) in [4.78, 5) is 35.1. The van der Waals surface area contributed by atoms with Gasteiger partial charge in [-0.2, -0.15) is 0 Å².